The summed E-state index contributed by atoms with van der Waals surface area (Å²) in [7, 11) is 3.96. The standard InChI is InChI=1S/C12H25N3O3/c1-12(2,3)18-11(17)14-9-10(16)13-7-6-8-15(4)5/h6-9H2,1-5H3,(H,13,16)(H,14,17). The van der Waals surface area contributed by atoms with E-state index in [0.717, 1.165) is 13.0 Å². The van der Waals surface area contributed by atoms with Gasteiger partial charge in [0.25, 0.3) is 0 Å². The Balaban J connectivity index is 3.62. The van der Waals surface area contributed by atoms with Gasteiger partial charge < -0.3 is 20.3 Å². The van der Waals surface area contributed by atoms with Gasteiger partial charge in [-0.3, -0.25) is 4.79 Å². The summed E-state index contributed by atoms with van der Waals surface area (Å²) in [6.07, 6.45) is 0.302. The van der Waals surface area contributed by atoms with Crippen LogP contribution in [0.15, 0.2) is 0 Å². The van der Waals surface area contributed by atoms with Gasteiger partial charge in [0.1, 0.15) is 5.60 Å². The van der Waals surface area contributed by atoms with Gasteiger partial charge in [-0.2, -0.15) is 0 Å². The molecular weight excluding hydrogens is 234 g/mol. The lowest BCUT2D eigenvalue weighted by atomic mass is 10.2. The molecule has 0 fully saturated rings. The van der Waals surface area contributed by atoms with Crippen molar-refractivity contribution < 1.29 is 14.3 Å². The molecule has 0 aliphatic carbocycles. The first-order valence-electron chi connectivity index (χ1n) is 6.09. The lowest BCUT2D eigenvalue weighted by molar-refractivity contribution is -0.120. The highest BCUT2D eigenvalue weighted by molar-refractivity contribution is 5.82. The van der Waals surface area contributed by atoms with Crippen LogP contribution < -0.4 is 10.6 Å². The van der Waals surface area contributed by atoms with E-state index in [1.807, 2.05) is 19.0 Å². The Kier molecular flexibility index (Phi) is 7.35. The molecule has 0 spiro atoms. The van der Waals surface area contributed by atoms with Crippen LogP contribution in [0.25, 0.3) is 0 Å². The number of carbonyl (C=O) groups is 2. The molecular formula is C12H25N3O3. The zero-order chi connectivity index (χ0) is 14.2. The third-order valence-corrected chi connectivity index (χ3v) is 1.90. The Labute approximate surface area is 109 Å². The minimum absolute atomic E-state index is 0.0587. The number of amides is 2. The van der Waals surface area contributed by atoms with Gasteiger partial charge in [-0.25, -0.2) is 4.79 Å². The molecule has 0 bridgehead atoms. The van der Waals surface area contributed by atoms with Crippen molar-refractivity contribution in [1.29, 1.82) is 0 Å². The van der Waals surface area contributed by atoms with Gasteiger partial charge in [0.15, 0.2) is 0 Å². The highest BCUT2D eigenvalue weighted by atomic mass is 16.6. The molecule has 0 saturated heterocycles. The van der Waals surface area contributed by atoms with Crippen LogP contribution >= 0.6 is 0 Å². The number of hydrogen-bond acceptors (Lipinski definition) is 4. The summed E-state index contributed by atoms with van der Waals surface area (Å²) in [6, 6.07) is 0. The van der Waals surface area contributed by atoms with Gasteiger partial charge in [0.2, 0.25) is 5.91 Å². The average molecular weight is 259 g/mol. The average Bonchev–Trinajstić information content (AvgIpc) is 2.19. The number of ether oxygens (including phenoxy) is 1. The number of nitrogens with one attached hydrogen (secondary N) is 2. The van der Waals surface area contributed by atoms with Crippen LogP contribution in [0.5, 0.6) is 0 Å². The summed E-state index contributed by atoms with van der Waals surface area (Å²) < 4.78 is 5.01. The number of rotatable bonds is 6. The van der Waals surface area contributed by atoms with Crippen LogP contribution in [0.3, 0.4) is 0 Å². The van der Waals surface area contributed by atoms with Crippen molar-refractivity contribution in [3.63, 3.8) is 0 Å². The molecule has 0 atom stereocenters. The van der Waals surface area contributed by atoms with Crippen LogP contribution in [-0.2, 0) is 9.53 Å². The molecule has 0 heterocycles. The van der Waals surface area contributed by atoms with Crippen molar-refractivity contribution in [3.05, 3.63) is 0 Å². The quantitative estimate of drug-likeness (QED) is 0.685. The van der Waals surface area contributed by atoms with E-state index in [1.54, 1.807) is 20.8 Å². The van der Waals surface area contributed by atoms with E-state index in [0.29, 0.717) is 6.54 Å². The Morgan fingerprint density at radius 2 is 1.78 bits per heavy atom. The van der Waals surface area contributed by atoms with E-state index in [2.05, 4.69) is 10.6 Å². The number of carbonyl (C=O) groups excluding carboxylic acids is 2. The second-order valence-electron chi connectivity index (χ2n) is 5.36. The van der Waals surface area contributed by atoms with Gasteiger partial charge in [-0.1, -0.05) is 0 Å². The summed E-state index contributed by atoms with van der Waals surface area (Å²) in [5, 5.41) is 5.13. The fraction of sp³-hybridized carbons (Fsp3) is 0.833. The first-order chi connectivity index (χ1) is 8.20. The minimum Gasteiger partial charge on any atom is -0.444 e. The van der Waals surface area contributed by atoms with E-state index in [4.69, 9.17) is 4.74 Å². The van der Waals surface area contributed by atoms with Gasteiger partial charge in [0, 0.05) is 6.54 Å². The highest BCUT2D eigenvalue weighted by Gasteiger charge is 2.16. The Hall–Kier alpha value is -1.30. The third kappa shape index (κ3) is 11.2. The SMILES string of the molecule is CN(C)CCCNC(=O)CNC(=O)OC(C)(C)C. The summed E-state index contributed by atoms with van der Waals surface area (Å²) in [4.78, 5) is 24.7. The van der Waals surface area contributed by atoms with Gasteiger partial charge in [-0.05, 0) is 47.8 Å². The van der Waals surface area contributed by atoms with Crippen LogP contribution in [0, 0.1) is 0 Å². The topological polar surface area (TPSA) is 70.7 Å². The summed E-state index contributed by atoms with van der Waals surface area (Å²) in [6.45, 7) is 6.78. The third-order valence-electron chi connectivity index (χ3n) is 1.90. The van der Waals surface area contributed by atoms with E-state index in [-0.39, 0.29) is 12.5 Å². The zero-order valence-corrected chi connectivity index (χ0v) is 12.0. The van der Waals surface area contributed by atoms with Crippen molar-refractivity contribution in [1.82, 2.24) is 15.5 Å². The highest BCUT2D eigenvalue weighted by Crippen LogP contribution is 2.05. The van der Waals surface area contributed by atoms with Crippen LogP contribution in [0.2, 0.25) is 0 Å². The monoisotopic (exact) mass is 259 g/mol. The van der Waals surface area contributed by atoms with Crippen LogP contribution in [-0.4, -0.2) is 56.2 Å². The predicted octanol–water partition coefficient (Wildman–Crippen LogP) is 0.579. The zero-order valence-electron chi connectivity index (χ0n) is 12.0. The van der Waals surface area contributed by atoms with Gasteiger partial charge >= 0.3 is 6.09 Å². The van der Waals surface area contributed by atoms with E-state index in [9.17, 15) is 9.59 Å². The fourth-order valence-electron chi connectivity index (χ4n) is 1.15. The molecule has 0 radical (unpaired) electrons. The molecule has 18 heavy (non-hydrogen) atoms. The second kappa shape index (κ2) is 7.92. The molecule has 106 valence electrons. The van der Waals surface area contributed by atoms with Crippen molar-refractivity contribution >= 4 is 12.0 Å². The Bertz CT molecular complexity index is 272. The van der Waals surface area contributed by atoms with E-state index >= 15 is 0 Å². The van der Waals surface area contributed by atoms with Crippen molar-refractivity contribution in [2.24, 2.45) is 0 Å². The van der Waals surface area contributed by atoms with Crippen molar-refractivity contribution in [3.8, 4) is 0 Å². The molecule has 0 aromatic heterocycles. The summed E-state index contributed by atoms with van der Waals surface area (Å²) in [5.41, 5.74) is -0.549. The molecule has 2 N–H and O–H groups in total. The fourth-order valence-corrected chi connectivity index (χ4v) is 1.15. The lowest BCUT2D eigenvalue weighted by Gasteiger charge is -2.19. The molecule has 0 rings (SSSR count). The molecule has 2 amide bonds. The Morgan fingerprint density at radius 1 is 1.17 bits per heavy atom. The van der Waals surface area contributed by atoms with Gasteiger partial charge in [0.05, 0.1) is 6.54 Å². The second-order valence-corrected chi connectivity index (χ2v) is 5.36. The lowest BCUT2D eigenvalue weighted by Crippen LogP contribution is -2.40. The molecule has 0 aliphatic heterocycles. The Morgan fingerprint density at radius 3 is 2.28 bits per heavy atom. The number of hydrogen-bond donors (Lipinski definition) is 2. The molecule has 0 aliphatic rings. The van der Waals surface area contributed by atoms with Gasteiger partial charge in [-0.15, -0.1) is 0 Å². The van der Waals surface area contributed by atoms with Crippen molar-refractivity contribution in [2.45, 2.75) is 32.8 Å². The van der Waals surface area contributed by atoms with Crippen LogP contribution in [0.1, 0.15) is 27.2 Å². The maximum Gasteiger partial charge on any atom is 0.408 e. The molecule has 6 heteroatoms. The largest absolute Gasteiger partial charge is 0.444 e. The summed E-state index contributed by atoms with van der Waals surface area (Å²) >= 11 is 0. The first kappa shape index (κ1) is 16.7. The molecule has 0 aromatic rings. The van der Waals surface area contributed by atoms with E-state index in [1.165, 1.54) is 0 Å². The maximum absolute atomic E-state index is 11.4. The molecule has 0 aromatic carbocycles. The van der Waals surface area contributed by atoms with Crippen LogP contribution in [0.4, 0.5) is 4.79 Å². The predicted molar refractivity (Wildman–Crippen MR) is 70.4 cm³/mol. The smallest absolute Gasteiger partial charge is 0.408 e. The molecule has 6 nitrogen and oxygen atoms in total. The number of nitrogens with zero attached hydrogens (tertiary/aromatic N) is 1. The van der Waals surface area contributed by atoms with Crippen molar-refractivity contribution in [2.75, 3.05) is 33.7 Å². The summed E-state index contributed by atoms with van der Waals surface area (Å²) in [5.74, 6) is -0.209. The minimum atomic E-state index is -0.578. The maximum atomic E-state index is 11.4. The normalized spacial score (nSPS) is 11.2. The molecule has 0 unspecified atom stereocenters. The first-order valence-corrected chi connectivity index (χ1v) is 6.09. The van der Waals surface area contributed by atoms with E-state index < -0.39 is 11.7 Å². The molecule has 0 saturated carbocycles. The number of alkyl carbamates (subject to hydrolysis) is 1.